The third-order valence-electron chi connectivity index (χ3n) is 3.26. The van der Waals surface area contributed by atoms with Crippen LogP contribution in [0.2, 0.25) is 0 Å². The van der Waals surface area contributed by atoms with Crippen molar-refractivity contribution < 1.29 is 24.2 Å². The molecule has 1 aromatic rings. The number of amides is 1. The summed E-state index contributed by atoms with van der Waals surface area (Å²) >= 11 is 0. The Bertz CT molecular complexity index is 609. The van der Waals surface area contributed by atoms with Gasteiger partial charge in [0.1, 0.15) is 6.61 Å². The Balaban J connectivity index is 1.96. The Hall–Kier alpha value is -2.60. The van der Waals surface area contributed by atoms with Gasteiger partial charge in [0.25, 0.3) is 0 Å². The van der Waals surface area contributed by atoms with Crippen molar-refractivity contribution in [3.05, 3.63) is 59.7 Å². The predicted molar refractivity (Wildman–Crippen MR) is 83.4 cm³/mol. The number of allylic oxidation sites excluding steroid dienone is 2. The molecule has 1 aromatic carbocycles. The summed E-state index contributed by atoms with van der Waals surface area (Å²) in [6.45, 7) is 2.00. The lowest BCUT2D eigenvalue weighted by Crippen LogP contribution is -2.47. The van der Waals surface area contributed by atoms with Crippen LogP contribution in [-0.2, 0) is 20.9 Å². The van der Waals surface area contributed by atoms with Crippen molar-refractivity contribution in [2.45, 2.75) is 25.7 Å². The molecule has 0 aliphatic heterocycles. The minimum atomic E-state index is -1.02. The minimum absolute atomic E-state index is 0.101. The van der Waals surface area contributed by atoms with Crippen LogP contribution in [-0.4, -0.2) is 35.9 Å². The van der Waals surface area contributed by atoms with Gasteiger partial charge >= 0.3 is 12.1 Å². The molecular weight excluding hydrogens is 298 g/mol. The molecule has 2 atom stereocenters. The zero-order chi connectivity index (χ0) is 16.7. The van der Waals surface area contributed by atoms with Crippen LogP contribution >= 0.6 is 0 Å². The van der Waals surface area contributed by atoms with E-state index < -0.39 is 24.2 Å². The number of ether oxygens (including phenoxy) is 2. The molecule has 122 valence electrons. The number of carbonyl (C=O) groups is 2. The van der Waals surface area contributed by atoms with Crippen molar-refractivity contribution in [2.24, 2.45) is 0 Å². The number of hydrogen-bond acceptors (Lipinski definition) is 5. The van der Waals surface area contributed by atoms with E-state index in [1.165, 1.54) is 12.2 Å². The summed E-state index contributed by atoms with van der Waals surface area (Å²) in [6.07, 6.45) is 2.79. The van der Waals surface area contributed by atoms with Gasteiger partial charge in [-0.25, -0.2) is 9.59 Å². The molecule has 1 aliphatic carbocycles. The zero-order valence-electron chi connectivity index (χ0n) is 12.8. The van der Waals surface area contributed by atoms with Crippen LogP contribution in [0, 0.1) is 0 Å². The first-order chi connectivity index (χ1) is 11.1. The number of carbonyl (C=O) groups excluding carboxylic acids is 2. The second kappa shape index (κ2) is 8.14. The van der Waals surface area contributed by atoms with Crippen molar-refractivity contribution in [3.63, 3.8) is 0 Å². The lowest BCUT2D eigenvalue weighted by molar-refractivity contribution is -0.139. The van der Waals surface area contributed by atoms with Crippen LogP contribution in [0.1, 0.15) is 12.5 Å². The maximum absolute atomic E-state index is 11.9. The van der Waals surface area contributed by atoms with Crippen LogP contribution in [0.3, 0.4) is 0 Å². The largest absolute Gasteiger partial charge is 0.463 e. The van der Waals surface area contributed by atoms with Gasteiger partial charge in [0.2, 0.25) is 0 Å². The predicted octanol–water partition coefficient (Wildman–Crippen LogP) is 1.70. The number of esters is 1. The van der Waals surface area contributed by atoms with Crippen LogP contribution in [0.15, 0.2) is 54.1 Å². The van der Waals surface area contributed by atoms with Gasteiger partial charge < -0.3 is 19.9 Å². The van der Waals surface area contributed by atoms with Crippen molar-refractivity contribution in [1.29, 1.82) is 0 Å². The van der Waals surface area contributed by atoms with Gasteiger partial charge in [-0.15, -0.1) is 0 Å². The Morgan fingerprint density at radius 1 is 1.22 bits per heavy atom. The standard InChI is InChI=1S/C17H19NO5/c1-2-22-16(20)13-9-6-10-14(19)15(13)18-17(21)23-11-12-7-4-3-5-8-12/h3-10,14-15,19H,2,11H2,1H3,(H,18,21)/t14-,15-/m0/s1. The maximum Gasteiger partial charge on any atom is 0.408 e. The summed E-state index contributed by atoms with van der Waals surface area (Å²) in [5, 5.41) is 12.5. The summed E-state index contributed by atoms with van der Waals surface area (Å²) in [7, 11) is 0. The molecule has 1 amide bonds. The first-order valence-electron chi connectivity index (χ1n) is 7.32. The van der Waals surface area contributed by atoms with Crippen molar-refractivity contribution in [3.8, 4) is 0 Å². The smallest absolute Gasteiger partial charge is 0.408 e. The van der Waals surface area contributed by atoms with Gasteiger partial charge in [-0.3, -0.25) is 0 Å². The first kappa shape index (κ1) is 16.8. The van der Waals surface area contributed by atoms with Gasteiger partial charge in [0.15, 0.2) is 0 Å². The van der Waals surface area contributed by atoms with Gasteiger partial charge in [-0.1, -0.05) is 42.5 Å². The maximum atomic E-state index is 11.9. The fourth-order valence-corrected chi connectivity index (χ4v) is 2.14. The molecule has 0 radical (unpaired) electrons. The van der Waals surface area contributed by atoms with E-state index in [1.807, 2.05) is 30.3 Å². The van der Waals surface area contributed by atoms with E-state index in [1.54, 1.807) is 13.0 Å². The second-order valence-corrected chi connectivity index (χ2v) is 4.90. The van der Waals surface area contributed by atoms with Crippen LogP contribution < -0.4 is 5.32 Å². The van der Waals surface area contributed by atoms with E-state index in [0.29, 0.717) is 0 Å². The SMILES string of the molecule is CCOC(=O)C1=CC=C[C@H](O)[C@H]1NC(=O)OCc1ccccc1. The highest BCUT2D eigenvalue weighted by Crippen LogP contribution is 2.16. The lowest BCUT2D eigenvalue weighted by atomic mass is 9.96. The molecule has 0 bridgehead atoms. The van der Waals surface area contributed by atoms with E-state index in [2.05, 4.69) is 5.32 Å². The zero-order valence-corrected chi connectivity index (χ0v) is 12.8. The summed E-state index contributed by atoms with van der Waals surface area (Å²) in [5.74, 6) is -0.579. The average molecular weight is 317 g/mol. The second-order valence-electron chi connectivity index (χ2n) is 4.90. The molecule has 0 unspecified atom stereocenters. The normalized spacial score (nSPS) is 19.7. The molecular formula is C17H19NO5. The van der Waals surface area contributed by atoms with Crippen molar-refractivity contribution in [2.75, 3.05) is 6.61 Å². The summed E-state index contributed by atoms with van der Waals surface area (Å²) in [6, 6.07) is 8.31. The lowest BCUT2D eigenvalue weighted by Gasteiger charge is -2.25. The molecule has 0 heterocycles. The van der Waals surface area contributed by atoms with Gasteiger partial charge in [0, 0.05) is 0 Å². The van der Waals surface area contributed by atoms with E-state index in [-0.39, 0.29) is 18.8 Å². The number of aliphatic hydroxyl groups is 1. The average Bonchev–Trinajstić information content (AvgIpc) is 2.56. The van der Waals surface area contributed by atoms with Crippen LogP contribution in [0.5, 0.6) is 0 Å². The summed E-state index contributed by atoms with van der Waals surface area (Å²) < 4.78 is 10.0. The molecule has 0 aromatic heterocycles. The number of aliphatic hydroxyl groups excluding tert-OH is 1. The minimum Gasteiger partial charge on any atom is -0.463 e. The van der Waals surface area contributed by atoms with Gasteiger partial charge in [-0.2, -0.15) is 0 Å². The highest BCUT2D eigenvalue weighted by Gasteiger charge is 2.31. The molecule has 6 nitrogen and oxygen atoms in total. The molecule has 1 aliphatic rings. The van der Waals surface area contributed by atoms with Crippen molar-refractivity contribution >= 4 is 12.1 Å². The fourth-order valence-electron chi connectivity index (χ4n) is 2.14. The molecule has 0 fully saturated rings. The number of rotatable bonds is 5. The highest BCUT2D eigenvalue weighted by atomic mass is 16.5. The molecule has 6 heteroatoms. The third kappa shape index (κ3) is 4.69. The Kier molecular flexibility index (Phi) is 5.94. The van der Waals surface area contributed by atoms with E-state index in [4.69, 9.17) is 9.47 Å². The van der Waals surface area contributed by atoms with Crippen LogP contribution in [0.25, 0.3) is 0 Å². The summed E-state index contributed by atoms with van der Waals surface area (Å²) in [5.41, 5.74) is 1.02. The molecule has 23 heavy (non-hydrogen) atoms. The molecule has 0 saturated carbocycles. The van der Waals surface area contributed by atoms with Crippen molar-refractivity contribution in [1.82, 2.24) is 5.32 Å². The molecule has 2 rings (SSSR count). The van der Waals surface area contributed by atoms with E-state index in [9.17, 15) is 14.7 Å². The Morgan fingerprint density at radius 2 is 1.96 bits per heavy atom. The van der Waals surface area contributed by atoms with Crippen LogP contribution in [0.4, 0.5) is 4.79 Å². The topological polar surface area (TPSA) is 84.9 Å². The quantitative estimate of drug-likeness (QED) is 0.808. The number of hydrogen-bond donors (Lipinski definition) is 2. The number of nitrogens with one attached hydrogen (secondary N) is 1. The Labute approximate surface area is 134 Å². The Morgan fingerprint density at radius 3 is 2.65 bits per heavy atom. The third-order valence-corrected chi connectivity index (χ3v) is 3.26. The molecule has 0 saturated heterocycles. The van der Waals surface area contributed by atoms with E-state index >= 15 is 0 Å². The monoisotopic (exact) mass is 317 g/mol. The molecule has 0 spiro atoms. The number of benzene rings is 1. The highest BCUT2D eigenvalue weighted by molar-refractivity contribution is 5.91. The van der Waals surface area contributed by atoms with Gasteiger partial charge in [-0.05, 0) is 18.6 Å². The summed E-state index contributed by atoms with van der Waals surface area (Å²) in [4.78, 5) is 23.8. The fraction of sp³-hybridized carbons (Fsp3) is 0.294. The van der Waals surface area contributed by atoms with Gasteiger partial charge in [0.05, 0.1) is 24.3 Å². The number of alkyl carbamates (subject to hydrolysis) is 1. The van der Waals surface area contributed by atoms with E-state index in [0.717, 1.165) is 5.56 Å². The first-order valence-corrected chi connectivity index (χ1v) is 7.32. The molecule has 2 N–H and O–H groups in total.